The molecule has 1 unspecified atom stereocenters. The van der Waals surface area contributed by atoms with Gasteiger partial charge in [0.2, 0.25) is 15.9 Å². The number of carbonyl (C=O) groups excluding carboxylic acids is 1. The summed E-state index contributed by atoms with van der Waals surface area (Å²) in [5, 5.41) is 0. The zero-order valence-corrected chi connectivity index (χ0v) is 21.9. The van der Waals surface area contributed by atoms with Crippen LogP contribution in [0.4, 0.5) is 5.69 Å². The van der Waals surface area contributed by atoms with Gasteiger partial charge in [-0.3, -0.25) is 4.79 Å². The van der Waals surface area contributed by atoms with Gasteiger partial charge in [0.25, 0.3) is 0 Å². The fourth-order valence-corrected chi connectivity index (χ4v) is 7.35. The molecule has 2 saturated heterocycles. The van der Waals surface area contributed by atoms with Gasteiger partial charge in [-0.25, -0.2) is 8.42 Å². The Hall–Kier alpha value is -1.68. The Morgan fingerprint density at radius 3 is 2.24 bits per heavy atom. The van der Waals surface area contributed by atoms with Crippen molar-refractivity contribution in [2.75, 3.05) is 64.4 Å². The lowest BCUT2D eigenvalue weighted by Gasteiger charge is -2.43. The van der Waals surface area contributed by atoms with Crippen LogP contribution in [-0.2, 0) is 26.0 Å². The van der Waals surface area contributed by atoms with Crippen LogP contribution in [0.3, 0.4) is 0 Å². The molecule has 3 rings (SSSR count). The van der Waals surface area contributed by atoms with Gasteiger partial charge in [0.05, 0.1) is 6.61 Å². The minimum Gasteiger partial charge on any atom is -0.383 e. The van der Waals surface area contributed by atoms with Crippen LogP contribution >= 0.6 is 0 Å². The molecule has 2 heterocycles. The van der Waals surface area contributed by atoms with Crippen LogP contribution < -0.4 is 10.6 Å². The zero-order chi connectivity index (χ0) is 24.8. The van der Waals surface area contributed by atoms with Gasteiger partial charge < -0.3 is 20.3 Å². The summed E-state index contributed by atoms with van der Waals surface area (Å²) in [6.45, 7) is 8.77. The molecule has 9 heteroatoms. The molecular weight excluding hydrogens is 452 g/mol. The standard InChI is InChI=1S/C25H42N4O4S/c1-4-5-21(2)20-22-6-8-23(9-7-22)28-14-16-29(17-15-28)34(31,32)25(24(26)30)10-12-27(13-11-25)18-19-33-3/h6-9,21H,4-5,10-20H2,1-3H3,(H2,26,30). The van der Waals surface area contributed by atoms with Crippen molar-refractivity contribution in [3.05, 3.63) is 29.8 Å². The molecule has 0 saturated carbocycles. The molecule has 0 aromatic heterocycles. The Morgan fingerprint density at radius 2 is 1.71 bits per heavy atom. The van der Waals surface area contributed by atoms with Gasteiger partial charge in [0.1, 0.15) is 0 Å². The number of nitrogens with zero attached hydrogens (tertiary/aromatic N) is 3. The number of methoxy groups -OCH3 is 1. The summed E-state index contributed by atoms with van der Waals surface area (Å²) in [6, 6.07) is 8.64. The van der Waals surface area contributed by atoms with Crippen molar-refractivity contribution in [3.63, 3.8) is 0 Å². The van der Waals surface area contributed by atoms with Crippen LogP contribution in [0.1, 0.15) is 45.1 Å². The van der Waals surface area contributed by atoms with E-state index in [1.54, 1.807) is 7.11 Å². The maximum absolute atomic E-state index is 13.6. The van der Waals surface area contributed by atoms with Crippen molar-refractivity contribution < 1.29 is 17.9 Å². The first-order valence-electron chi connectivity index (χ1n) is 12.6. The fourth-order valence-electron chi connectivity index (χ4n) is 5.26. The summed E-state index contributed by atoms with van der Waals surface area (Å²) < 4.78 is 32.4. The van der Waals surface area contributed by atoms with Crippen molar-refractivity contribution in [3.8, 4) is 0 Å². The van der Waals surface area contributed by atoms with E-state index in [1.807, 2.05) is 0 Å². The van der Waals surface area contributed by atoms with E-state index in [2.05, 4.69) is 47.9 Å². The summed E-state index contributed by atoms with van der Waals surface area (Å²) in [5.41, 5.74) is 8.18. The first-order chi connectivity index (χ1) is 16.2. The first kappa shape index (κ1) is 26.9. The molecule has 0 bridgehead atoms. The quantitative estimate of drug-likeness (QED) is 0.506. The van der Waals surface area contributed by atoms with E-state index in [9.17, 15) is 13.2 Å². The van der Waals surface area contributed by atoms with E-state index in [0.29, 0.717) is 51.8 Å². The number of ether oxygens (including phenoxy) is 1. The van der Waals surface area contributed by atoms with Crippen molar-refractivity contribution >= 4 is 21.6 Å². The fraction of sp³-hybridized carbons (Fsp3) is 0.720. The van der Waals surface area contributed by atoms with Crippen molar-refractivity contribution in [1.82, 2.24) is 9.21 Å². The Kier molecular flexibility index (Phi) is 9.37. The zero-order valence-electron chi connectivity index (χ0n) is 21.0. The molecule has 34 heavy (non-hydrogen) atoms. The largest absolute Gasteiger partial charge is 0.383 e. The summed E-state index contributed by atoms with van der Waals surface area (Å²) in [4.78, 5) is 16.8. The van der Waals surface area contributed by atoms with Gasteiger partial charge in [0, 0.05) is 58.6 Å². The number of likely N-dealkylation sites (tertiary alicyclic amines) is 1. The molecule has 1 aromatic rings. The smallest absolute Gasteiger partial charge is 0.240 e. The third-order valence-corrected chi connectivity index (χ3v) is 10.1. The van der Waals surface area contributed by atoms with E-state index in [4.69, 9.17) is 10.5 Å². The number of anilines is 1. The molecule has 2 N–H and O–H groups in total. The van der Waals surface area contributed by atoms with Crippen LogP contribution in [0.25, 0.3) is 0 Å². The summed E-state index contributed by atoms with van der Waals surface area (Å²) in [5.74, 6) is -0.0526. The van der Waals surface area contributed by atoms with E-state index in [1.165, 1.54) is 22.7 Å². The van der Waals surface area contributed by atoms with E-state index in [-0.39, 0.29) is 12.8 Å². The maximum atomic E-state index is 13.6. The first-order valence-corrected chi connectivity index (χ1v) is 14.0. The summed E-state index contributed by atoms with van der Waals surface area (Å²) in [6.07, 6.45) is 3.98. The topological polar surface area (TPSA) is 96.2 Å². The van der Waals surface area contributed by atoms with Gasteiger partial charge >= 0.3 is 0 Å². The summed E-state index contributed by atoms with van der Waals surface area (Å²) in [7, 11) is -2.20. The average molecular weight is 495 g/mol. The van der Waals surface area contributed by atoms with Crippen molar-refractivity contribution in [2.24, 2.45) is 11.7 Å². The predicted molar refractivity (Wildman–Crippen MR) is 136 cm³/mol. The third kappa shape index (κ3) is 5.93. The highest BCUT2D eigenvalue weighted by Crippen LogP contribution is 2.34. The maximum Gasteiger partial charge on any atom is 0.240 e. The van der Waals surface area contributed by atoms with E-state index < -0.39 is 20.7 Å². The van der Waals surface area contributed by atoms with E-state index >= 15 is 0 Å². The monoisotopic (exact) mass is 494 g/mol. The van der Waals surface area contributed by atoms with Gasteiger partial charge in [-0.15, -0.1) is 0 Å². The lowest BCUT2D eigenvalue weighted by Crippen LogP contribution is -2.63. The normalized spacial score (nSPS) is 20.9. The Bertz CT molecular complexity index is 890. The van der Waals surface area contributed by atoms with Crippen LogP contribution in [0.15, 0.2) is 24.3 Å². The molecule has 1 atom stereocenters. The molecule has 2 fully saturated rings. The summed E-state index contributed by atoms with van der Waals surface area (Å²) >= 11 is 0. The molecular formula is C25H42N4O4S. The number of rotatable bonds is 11. The van der Waals surface area contributed by atoms with Gasteiger partial charge in [-0.2, -0.15) is 4.31 Å². The second-order valence-corrected chi connectivity index (χ2v) is 12.1. The van der Waals surface area contributed by atoms with Gasteiger partial charge in [0.15, 0.2) is 4.75 Å². The number of primary amides is 1. The highest BCUT2D eigenvalue weighted by atomic mass is 32.2. The van der Waals surface area contributed by atoms with Crippen LogP contribution in [0.2, 0.25) is 0 Å². The lowest BCUT2D eigenvalue weighted by atomic mass is 9.95. The van der Waals surface area contributed by atoms with E-state index in [0.717, 1.165) is 18.7 Å². The van der Waals surface area contributed by atoms with Gasteiger partial charge in [-0.1, -0.05) is 38.8 Å². The number of sulfonamides is 1. The van der Waals surface area contributed by atoms with Crippen LogP contribution in [-0.4, -0.2) is 87.8 Å². The molecule has 1 aromatic carbocycles. The molecule has 2 aliphatic heterocycles. The number of piperidine rings is 1. The Labute approximate surface area is 205 Å². The number of hydrogen-bond donors (Lipinski definition) is 1. The Balaban J connectivity index is 1.61. The lowest BCUT2D eigenvalue weighted by molar-refractivity contribution is -0.121. The second kappa shape index (κ2) is 11.8. The Morgan fingerprint density at radius 1 is 1.09 bits per heavy atom. The number of nitrogens with two attached hydrogens (primary N) is 1. The highest BCUT2D eigenvalue weighted by molar-refractivity contribution is 7.91. The number of amides is 1. The molecule has 192 valence electrons. The molecule has 0 spiro atoms. The van der Waals surface area contributed by atoms with Crippen molar-refractivity contribution in [2.45, 2.75) is 50.7 Å². The highest BCUT2D eigenvalue weighted by Gasteiger charge is 2.53. The SMILES string of the molecule is CCCC(C)Cc1ccc(N2CCN(S(=O)(=O)C3(C(N)=O)CCN(CCOC)CC3)CC2)cc1. The molecule has 1 amide bonds. The minimum atomic E-state index is -3.85. The molecule has 0 aliphatic carbocycles. The molecule has 8 nitrogen and oxygen atoms in total. The minimum absolute atomic E-state index is 0.229. The van der Waals surface area contributed by atoms with Crippen LogP contribution in [0.5, 0.6) is 0 Å². The number of hydrogen-bond acceptors (Lipinski definition) is 6. The molecule has 0 radical (unpaired) electrons. The van der Waals surface area contributed by atoms with Gasteiger partial charge in [-0.05, 0) is 42.9 Å². The third-order valence-electron chi connectivity index (χ3n) is 7.46. The number of benzene rings is 1. The number of carbonyl (C=O) groups is 1. The number of piperazine rings is 1. The van der Waals surface area contributed by atoms with Crippen molar-refractivity contribution in [1.29, 1.82) is 0 Å². The second-order valence-electron chi connectivity index (χ2n) is 9.85. The van der Waals surface area contributed by atoms with Crippen LogP contribution in [0, 0.1) is 5.92 Å². The molecule has 2 aliphatic rings. The average Bonchev–Trinajstić information content (AvgIpc) is 2.83. The predicted octanol–water partition coefficient (Wildman–Crippen LogP) is 2.08.